The van der Waals surface area contributed by atoms with Gasteiger partial charge in [0.15, 0.2) is 0 Å². The van der Waals surface area contributed by atoms with Gasteiger partial charge in [0.05, 0.1) is 29.9 Å². The van der Waals surface area contributed by atoms with Crippen molar-refractivity contribution in [1.29, 1.82) is 0 Å². The van der Waals surface area contributed by atoms with Crippen molar-refractivity contribution in [2.24, 2.45) is 0 Å². The van der Waals surface area contributed by atoms with E-state index in [4.69, 9.17) is 0 Å². The predicted octanol–water partition coefficient (Wildman–Crippen LogP) is 1.88. The highest BCUT2D eigenvalue weighted by Crippen LogP contribution is 2.19. The standard InChI is InChI=1S/C18H27N5O2/c1-14-5-7-16(8-6-14)23-15(2)17(13-19-23)20-18(25)22(11-12-24)10-9-21(3)4/h5-8,13,24H,9-12H2,1-4H3,(H,20,25). The quantitative estimate of drug-likeness (QED) is 0.803. The normalized spacial score (nSPS) is 11.0. The Labute approximate surface area is 148 Å². The van der Waals surface area contributed by atoms with Crippen molar-refractivity contribution in [3.63, 3.8) is 0 Å². The van der Waals surface area contributed by atoms with Crippen molar-refractivity contribution in [1.82, 2.24) is 19.6 Å². The van der Waals surface area contributed by atoms with Crippen LogP contribution in [0.2, 0.25) is 0 Å². The summed E-state index contributed by atoms with van der Waals surface area (Å²) in [4.78, 5) is 16.1. The van der Waals surface area contributed by atoms with Crippen molar-refractivity contribution >= 4 is 11.7 Å². The molecule has 2 aromatic rings. The zero-order valence-electron chi connectivity index (χ0n) is 15.4. The summed E-state index contributed by atoms with van der Waals surface area (Å²) in [5.41, 5.74) is 3.65. The molecule has 1 aromatic carbocycles. The van der Waals surface area contributed by atoms with Gasteiger partial charge in [-0.05, 0) is 40.1 Å². The van der Waals surface area contributed by atoms with Gasteiger partial charge in [-0.2, -0.15) is 5.10 Å². The lowest BCUT2D eigenvalue weighted by molar-refractivity contribution is 0.182. The van der Waals surface area contributed by atoms with Gasteiger partial charge in [0.1, 0.15) is 0 Å². The van der Waals surface area contributed by atoms with Crippen LogP contribution < -0.4 is 5.32 Å². The summed E-state index contributed by atoms with van der Waals surface area (Å²) >= 11 is 0. The first-order chi connectivity index (χ1) is 11.9. The first kappa shape index (κ1) is 19.0. The van der Waals surface area contributed by atoms with Crippen molar-refractivity contribution in [2.75, 3.05) is 45.7 Å². The summed E-state index contributed by atoms with van der Waals surface area (Å²) in [5, 5.41) is 16.5. The molecule has 0 aliphatic heterocycles. The van der Waals surface area contributed by atoms with Gasteiger partial charge >= 0.3 is 6.03 Å². The number of carbonyl (C=O) groups is 1. The maximum Gasteiger partial charge on any atom is 0.322 e. The van der Waals surface area contributed by atoms with E-state index in [1.807, 2.05) is 57.1 Å². The number of nitrogens with one attached hydrogen (secondary N) is 1. The molecule has 0 bridgehead atoms. The van der Waals surface area contributed by atoms with Crippen LogP contribution in [0.3, 0.4) is 0 Å². The molecule has 0 spiro atoms. The molecule has 7 nitrogen and oxygen atoms in total. The number of nitrogens with zero attached hydrogens (tertiary/aromatic N) is 4. The fraction of sp³-hybridized carbons (Fsp3) is 0.444. The summed E-state index contributed by atoms with van der Waals surface area (Å²) in [5.74, 6) is 0. The van der Waals surface area contributed by atoms with Crippen LogP contribution in [0.25, 0.3) is 5.69 Å². The van der Waals surface area contributed by atoms with Crippen LogP contribution in [0, 0.1) is 13.8 Å². The van der Waals surface area contributed by atoms with Crippen molar-refractivity contribution in [3.8, 4) is 5.69 Å². The molecule has 0 saturated carbocycles. The summed E-state index contributed by atoms with van der Waals surface area (Å²) < 4.78 is 1.80. The molecule has 1 heterocycles. The molecule has 25 heavy (non-hydrogen) atoms. The number of rotatable bonds is 7. The maximum absolute atomic E-state index is 12.5. The number of hydrogen-bond donors (Lipinski definition) is 2. The fourth-order valence-electron chi connectivity index (χ4n) is 2.43. The first-order valence-corrected chi connectivity index (χ1v) is 8.35. The van der Waals surface area contributed by atoms with Gasteiger partial charge in [-0.15, -0.1) is 0 Å². The Kier molecular flexibility index (Phi) is 6.55. The molecule has 0 saturated heterocycles. The second-order valence-corrected chi connectivity index (χ2v) is 6.34. The average molecular weight is 345 g/mol. The van der Waals surface area contributed by atoms with E-state index in [1.54, 1.807) is 15.8 Å². The highest BCUT2D eigenvalue weighted by molar-refractivity contribution is 5.89. The molecule has 0 atom stereocenters. The largest absolute Gasteiger partial charge is 0.395 e. The van der Waals surface area contributed by atoms with E-state index in [0.29, 0.717) is 18.8 Å². The van der Waals surface area contributed by atoms with Crippen LogP contribution in [-0.4, -0.2) is 71.1 Å². The zero-order valence-corrected chi connectivity index (χ0v) is 15.4. The molecule has 2 N–H and O–H groups in total. The highest BCUT2D eigenvalue weighted by Gasteiger charge is 2.16. The van der Waals surface area contributed by atoms with Crippen LogP contribution >= 0.6 is 0 Å². The smallest absolute Gasteiger partial charge is 0.322 e. The second-order valence-electron chi connectivity index (χ2n) is 6.34. The highest BCUT2D eigenvalue weighted by atomic mass is 16.3. The number of carbonyl (C=O) groups excluding carboxylic acids is 1. The third-order valence-electron chi connectivity index (χ3n) is 4.00. The van der Waals surface area contributed by atoms with E-state index in [9.17, 15) is 9.90 Å². The predicted molar refractivity (Wildman–Crippen MR) is 99.3 cm³/mol. The minimum atomic E-state index is -0.234. The number of aliphatic hydroxyl groups is 1. The summed E-state index contributed by atoms with van der Waals surface area (Å²) in [6.07, 6.45) is 1.65. The summed E-state index contributed by atoms with van der Waals surface area (Å²) in [6, 6.07) is 7.81. The third kappa shape index (κ3) is 5.04. The Hall–Kier alpha value is -2.38. The molecule has 0 unspecified atom stereocenters. The van der Waals surface area contributed by atoms with E-state index < -0.39 is 0 Å². The molecule has 2 amide bonds. The number of urea groups is 1. The van der Waals surface area contributed by atoms with Gasteiger partial charge in [-0.25, -0.2) is 9.48 Å². The fourth-order valence-corrected chi connectivity index (χ4v) is 2.43. The molecule has 136 valence electrons. The van der Waals surface area contributed by atoms with Gasteiger partial charge in [-0.1, -0.05) is 17.7 Å². The molecule has 0 aliphatic carbocycles. The second kappa shape index (κ2) is 8.64. The number of hydrogen-bond acceptors (Lipinski definition) is 4. The Morgan fingerprint density at radius 2 is 1.84 bits per heavy atom. The third-order valence-corrected chi connectivity index (χ3v) is 4.00. The number of benzene rings is 1. The summed E-state index contributed by atoms with van der Waals surface area (Å²) in [6.45, 7) is 5.46. The van der Waals surface area contributed by atoms with Crippen LogP contribution in [0.1, 0.15) is 11.3 Å². The maximum atomic E-state index is 12.5. The van der Waals surface area contributed by atoms with Gasteiger partial charge in [0.25, 0.3) is 0 Å². The van der Waals surface area contributed by atoms with E-state index >= 15 is 0 Å². The first-order valence-electron chi connectivity index (χ1n) is 8.35. The van der Waals surface area contributed by atoms with Crippen molar-refractivity contribution in [3.05, 3.63) is 41.7 Å². The molecule has 1 aromatic heterocycles. The molecule has 7 heteroatoms. The van der Waals surface area contributed by atoms with Crippen LogP contribution in [0.15, 0.2) is 30.5 Å². The average Bonchev–Trinajstić information content (AvgIpc) is 2.93. The lowest BCUT2D eigenvalue weighted by Crippen LogP contribution is -2.41. The molecule has 0 aliphatic rings. The Balaban J connectivity index is 2.11. The Bertz CT molecular complexity index is 694. The number of aryl methyl sites for hydroxylation is 1. The monoisotopic (exact) mass is 345 g/mol. The van der Waals surface area contributed by atoms with Crippen molar-refractivity contribution < 1.29 is 9.90 Å². The van der Waals surface area contributed by atoms with E-state index in [1.165, 1.54) is 5.56 Å². The number of anilines is 1. The topological polar surface area (TPSA) is 73.6 Å². The molecular formula is C18H27N5O2. The van der Waals surface area contributed by atoms with E-state index in [0.717, 1.165) is 17.9 Å². The number of likely N-dealkylation sites (N-methyl/N-ethyl adjacent to an activating group) is 1. The number of amides is 2. The van der Waals surface area contributed by atoms with E-state index in [-0.39, 0.29) is 12.6 Å². The molecular weight excluding hydrogens is 318 g/mol. The van der Waals surface area contributed by atoms with Crippen LogP contribution in [0.5, 0.6) is 0 Å². The van der Waals surface area contributed by atoms with Gasteiger partial charge in [0, 0.05) is 19.6 Å². The lowest BCUT2D eigenvalue weighted by atomic mass is 10.2. The zero-order chi connectivity index (χ0) is 18.4. The number of aromatic nitrogens is 2. The van der Waals surface area contributed by atoms with Crippen molar-refractivity contribution in [2.45, 2.75) is 13.8 Å². The minimum Gasteiger partial charge on any atom is -0.395 e. The number of aliphatic hydroxyl groups excluding tert-OH is 1. The lowest BCUT2D eigenvalue weighted by Gasteiger charge is -2.23. The molecule has 0 fully saturated rings. The van der Waals surface area contributed by atoms with Crippen LogP contribution in [0.4, 0.5) is 10.5 Å². The van der Waals surface area contributed by atoms with Crippen LogP contribution in [-0.2, 0) is 0 Å². The Morgan fingerprint density at radius 1 is 1.16 bits per heavy atom. The molecule has 2 rings (SSSR count). The van der Waals surface area contributed by atoms with Gasteiger partial charge < -0.3 is 20.2 Å². The SMILES string of the molecule is Cc1ccc(-n2ncc(NC(=O)N(CCO)CCN(C)C)c2C)cc1. The summed E-state index contributed by atoms with van der Waals surface area (Å²) in [7, 11) is 3.90. The Morgan fingerprint density at radius 3 is 2.44 bits per heavy atom. The minimum absolute atomic E-state index is 0.0670. The van der Waals surface area contributed by atoms with E-state index in [2.05, 4.69) is 10.4 Å². The van der Waals surface area contributed by atoms with Gasteiger partial charge in [-0.3, -0.25) is 0 Å². The van der Waals surface area contributed by atoms with Gasteiger partial charge in [0.2, 0.25) is 0 Å². The molecule has 0 radical (unpaired) electrons.